The van der Waals surface area contributed by atoms with Gasteiger partial charge in [-0.2, -0.15) is 5.10 Å². The normalized spacial score (nSPS) is 22.7. The SMILES string of the molecule is CN(C(=O)CCC1CCNC1)C1CCCN(c2cccnn2)C1.Cl.Cl. The average molecular weight is 390 g/mol. The molecular weight excluding hydrogens is 361 g/mol. The summed E-state index contributed by atoms with van der Waals surface area (Å²) in [6.07, 6.45) is 6.75. The van der Waals surface area contributed by atoms with Gasteiger partial charge in [0.15, 0.2) is 5.82 Å². The van der Waals surface area contributed by atoms with Crippen LogP contribution < -0.4 is 10.2 Å². The van der Waals surface area contributed by atoms with Gasteiger partial charge in [-0.1, -0.05) is 0 Å². The molecule has 0 spiro atoms. The molecule has 2 atom stereocenters. The molecule has 25 heavy (non-hydrogen) atoms. The largest absolute Gasteiger partial charge is 0.353 e. The highest BCUT2D eigenvalue weighted by molar-refractivity contribution is 5.85. The zero-order valence-corrected chi connectivity index (χ0v) is 16.4. The second-order valence-corrected chi connectivity index (χ2v) is 6.73. The number of nitrogens with zero attached hydrogens (tertiary/aromatic N) is 4. The van der Waals surface area contributed by atoms with E-state index < -0.39 is 0 Å². The lowest BCUT2D eigenvalue weighted by Gasteiger charge is -2.38. The first-order chi connectivity index (χ1) is 11.2. The zero-order valence-electron chi connectivity index (χ0n) is 14.8. The average Bonchev–Trinajstić information content (AvgIpc) is 3.13. The summed E-state index contributed by atoms with van der Waals surface area (Å²) in [5.74, 6) is 1.87. The van der Waals surface area contributed by atoms with E-state index in [2.05, 4.69) is 20.4 Å². The van der Waals surface area contributed by atoms with Crippen LogP contribution in [-0.4, -0.2) is 60.3 Å². The van der Waals surface area contributed by atoms with Crippen molar-refractivity contribution in [3.05, 3.63) is 18.3 Å². The van der Waals surface area contributed by atoms with E-state index in [0.717, 1.165) is 51.3 Å². The van der Waals surface area contributed by atoms with Gasteiger partial charge >= 0.3 is 0 Å². The first-order valence-electron chi connectivity index (χ1n) is 8.73. The van der Waals surface area contributed by atoms with E-state index in [1.807, 2.05) is 24.1 Å². The van der Waals surface area contributed by atoms with Crippen molar-refractivity contribution in [2.75, 3.05) is 38.1 Å². The number of carbonyl (C=O) groups is 1. The van der Waals surface area contributed by atoms with Gasteiger partial charge in [0, 0.05) is 38.8 Å². The van der Waals surface area contributed by atoms with Crippen molar-refractivity contribution >= 4 is 36.5 Å². The van der Waals surface area contributed by atoms with Gasteiger partial charge in [0.1, 0.15) is 0 Å². The van der Waals surface area contributed by atoms with Crippen molar-refractivity contribution in [2.45, 2.75) is 38.1 Å². The number of likely N-dealkylation sites (N-methyl/N-ethyl adjacent to an activating group) is 1. The summed E-state index contributed by atoms with van der Waals surface area (Å²) in [7, 11) is 1.96. The number of aromatic nitrogens is 2. The Morgan fingerprint density at radius 1 is 1.40 bits per heavy atom. The van der Waals surface area contributed by atoms with Crippen molar-refractivity contribution in [1.82, 2.24) is 20.4 Å². The summed E-state index contributed by atoms with van der Waals surface area (Å²) in [6.45, 7) is 4.02. The highest BCUT2D eigenvalue weighted by Crippen LogP contribution is 2.21. The van der Waals surface area contributed by atoms with Crippen LogP contribution in [0.15, 0.2) is 18.3 Å². The summed E-state index contributed by atoms with van der Waals surface area (Å²) in [5.41, 5.74) is 0. The fraction of sp³-hybridized carbons (Fsp3) is 0.706. The molecule has 6 nitrogen and oxygen atoms in total. The maximum Gasteiger partial charge on any atom is 0.222 e. The monoisotopic (exact) mass is 389 g/mol. The minimum Gasteiger partial charge on any atom is -0.353 e. The van der Waals surface area contributed by atoms with E-state index in [0.29, 0.717) is 12.3 Å². The Labute approximate surface area is 162 Å². The molecule has 0 saturated carbocycles. The first-order valence-corrected chi connectivity index (χ1v) is 8.73. The van der Waals surface area contributed by atoms with Gasteiger partial charge in [-0.05, 0) is 56.8 Å². The van der Waals surface area contributed by atoms with Crippen molar-refractivity contribution in [3.63, 3.8) is 0 Å². The fourth-order valence-corrected chi connectivity index (χ4v) is 3.61. The number of amides is 1. The molecule has 0 bridgehead atoms. The van der Waals surface area contributed by atoms with Crippen LogP contribution in [0.2, 0.25) is 0 Å². The van der Waals surface area contributed by atoms with Crippen molar-refractivity contribution in [1.29, 1.82) is 0 Å². The molecule has 2 fully saturated rings. The Bertz CT molecular complexity index is 513. The van der Waals surface area contributed by atoms with Crippen LogP contribution in [0.5, 0.6) is 0 Å². The van der Waals surface area contributed by atoms with Crippen LogP contribution in [0.25, 0.3) is 0 Å². The smallest absolute Gasteiger partial charge is 0.222 e. The van der Waals surface area contributed by atoms with E-state index in [1.54, 1.807) is 6.20 Å². The molecular formula is C17H29Cl2N5O. The van der Waals surface area contributed by atoms with Gasteiger partial charge in [0.05, 0.1) is 0 Å². The number of piperidine rings is 1. The standard InChI is InChI=1S/C17H27N5O.2ClH/c1-21(17(23)7-6-14-8-10-18-12-14)15-4-3-11-22(13-15)16-5-2-9-19-20-16;;/h2,5,9,14-15,18H,3-4,6-8,10-13H2,1H3;2*1H. The zero-order chi connectivity index (χ0) is 16.1. The lowest BCUT2D eigenvalue weighted by atomic mass is 10.0. The Morgan fingerprint density at radius 3 is 2.92 bits per heavy atom. The number of carbonyl (C=O) groups excluding carboxylic acids is 1. The maximum atomic E-state index is 12.5. The lowest BCUT2D eigenvalue weighted by molar-refractivity contribution is -0.132. The molecule has 8 heteroatoms. The predicted octanol–water partition coefficient (Wildman–Crippen LogP) is 2.14. The number of hydrogen-bond donors (Lipinski definition) is 1. The predicted molar refractivity (Wildman–Crippen MR) is 105 cm³/mol. The topological polar surface area (TPSA) is 61.4 Å². The van der Waals surface area contributed by atoms with Crippen LogP contribution >= 0.6 is 24.8 Å². The van der Waals surface area contributed by atoms with Crippen molar-refractivity contribution < 1.29 is 4.79 Å². The Hall–Kier alpha value is -1.11. The summed E-state index contributed by atoms with van der Waals surface area (Å²) < 4.78 is 0. The molecule has 3 rings (SSSR count). The van der Waals surface area contributed by atoms with E-state index in [9.17, 15) is 4.79 Å². The molecule has 2 aliphatic heterocycles. The maximum absolute atomic E-state index is 12.5. The van der Waals surface area contributed by atoms with Gasteiger partial charge in [0.25, 0.3) is 0 Å². The third kappa shape index (κ3) is 5.97. The molecule has 2 aliphatic rings. The summed E-state index contributed by atoms with van der Waals surface area (Å²) >= 11 is 0. The minimum absolute atomic E-state index is 0. The van der Waals surface area contributed by atoms with E-state index in [4.69, 9.17) is 0 Å². The molecule has 0 radical (unpaired) electrons. The summed E-state index contributed by atoms with van der Waals surface area (Å²) in [6, 6.07) is 4.18. The molecule has 142 valence electrons. The van der Waals surface area contributed by atoms with Crippen LogP contribution in [-0.2, 0) is 4.79 Å². The second-order valence-electron chi connectivity index (χ2n) is 6.73. The van der Waals surface area contributed by atoms with Crippen molar-refractivity contribution in [3.8, 4) is 0 Å². The van der Waals surface area contributed by atoms with E-state index >= 15 is 0 Å². The lowest BCUT2D eigenvalue weighted by Crippen LogP contribution is -2.49. The molecule has 3 heterocycles. The minimum atomic E-state index is 0. The third-order valence-corrected chi connectivity index (χ3v) is 5.15. The molecule has 1 N–H and O–H groups in total. The van der Waals surface area contributed by atoms with Crippen molar-refractivity contribution in [2.24, 2.45) is 5.92 Å². The molecule has 2 saturated heterocycles. The van der Waals surface area contributed by atoms with E-state index in [1.165, 1.54) is 6.42 Å². The fourth-order valence-electron chi connectivity index (χ4n) is 3.61. The number of rotatable bonds is 5. The summed E-state index contributed by atoms with van der Waals surface area (Å²) in [4.78, 5) is 16.7. The molecule has 1 aromatic rings. The highest BCUT2D eigenvalue weighted by Gasteiger charge is 2.27. The van der Waals surface area contributed by atoms with Gasteiger partial charge in [0.2, 0.25) is 5.91 Å². The number of halogens is 2. The second kappa shape index (κ2) is 10.8. The Kier molecular flexibility index (Phi) is 9.46. The molecule has 1 aromatic heterocycles. The Morgan fingerprint density at radius 2 is 2.24 bits per heavy atom. The van der Waals surface area contributed by atoms with Gasteiger partial charge in [-0.15, -0.1) is 29.9 Å². The molecule has 2 unspecified atom stereocenters. The number of nitrogens with one attached hydrogen (secondary N) is 1. The van der Waals surface area contributed by atoms with Gasteiger partial charge < -0.3 is 15.1 Å². The quantitative estimate of drug-likeness (QED) is 0.835. The van der Waals surface area contributed by atoms with Crippen LogP contribution in [0.4, 0.5) is 5.82 Å². The molecule has 1 amide bonds. The molecule has 0 aromatic carbocycles. The number of anilines is 1. The van der Waals surface area contributed by atoms with Gasteiger partial charge in [-0.25, -0.2) is 0 Å². The number of hydrogen-bond acceptors (Lipinski definition) is 5. The highest BCUT2D eigenvalue weighted by atomic mass is 35.5. The third-order valence-electron chi connectivity index (χ3n) is 5.15. The van der Waals surface area contributed by atoms with Crippen LogP contribution in [0.3, 0.4) is 0 Å². The first kappa shape index (κ1) is 21.9. The van der Waals surface area contributed by atoms with E-state index in [-0.39, 0.29) is 36.8 Å². The van der Waals surface area contributed by atoms with Crippen LogP contribution in [0, 0.1) is 5.92 Å². The molecule has 0 aliphatic carbocycles. The van der Waals surface area contributed by atoms with Gasteiger partial charge in [-0.3, -0.25) is 4.79 Å². The van der Waals surface area contributed by atoms with Crippen LogP contribution in [0.1, 0.15) is 32.1 Å². The Balaban J connectivity index is 0.00000156. The summed E-state index contributed by atoms with van der Waals surface area (Å²) in [5, 5.41) is 11.5.